The summed E-state index contributed by atoms with van der Waals surface area (Å²) in [6.45, 7) is 9.65. The fraction of sp³-hybridized carbons (Fsp3) is 0.444. The zero-order valence-electron chi connectivity index (χ0n) is 14.2. The summed E-state index contributed by atoms with van der Waals surface area (Å²) in [4.78, 5) is 6.79. The Morgan fingerprint density at radius 1 is 1.26 bits per heavy atom. The molecule has 0 radical (unpaired) electrons. The van der Waals surface area contributed by atoms with Crippen LogP contribution in [0.2, 0.25) is 0 Å². The van der Waals surface area contributed by atoms with Gasteiger partial charge in [-0.25, -0.2) is 0 Å². The van der Waals surface area contributed by atoms with Crippen molar-refractivity contribution in [3.05, 3.63) is 54.1 Å². The van der Waals surface area contributed by atoms with Crippen LogP contribution < -0.4 is 5.32 Å². The molecular formula is C18H24N4S. The first-order valence-corrected chi connectivity index (χ1v) is 8.49. The maximum absolute atomic E-state index is 5.55. The topological polar surface area (TPSA) is 33.1 Å². The molecule has 1 saturated heterocycles. The molecule has 2 atom stereocenters. The van der Waals surface area contributed by atoms with Gasteiger partial charge in [-0.1, -0.05) is 6.07 Å². The van der Waals surface area contributed by atoms with Crippen LogP contribution in [0.25, 0.3) is 0 Å². The maximum atomic E-state index is 5.55. The highest BCUT2D eigenvalue weighted by Crippen LogP contribution is 2.38. The Balaban J connectivity index is 2.01. The minimum atomic E-state index is 0.0718. The van der Waals surface area contributed by atoms with E-state index in [1.807, 2.05) is 18.3 Å². The number of thiocarbonyl (C=S) groups is 1. The first kappa shape index (κ1) is 16.0. The summed E-state index contributed by atoms with van der Waals surface area (Å²) in [7, 11) is 0. The van der Waals surface area contributed by atoms with Gasteiger partial charge in [0.15, 0.2) is 5.11 Å². The molecule has 2 aromatic rings. The van der Waals surface area contributed by atoms with E-state index in [-0.39, 0.29) is 17.6 Å². The quantitative estimate of drug-likeness (QED) is 0.872. The van der Waals surface area contributed by atoms with Crippen molar-refractivity contribution in [1.29, 1.82) is 0 Å². The molecule has 0 amide bonds. The van der Waals surface area contributed by atoms with Crippen molar-refractivity contribution in [3.8, 4) is 0 Å². The number of rotatable bonds is 3. The smallest absolute Gasteiger partial charge is 0.170 e. The highest BCUT2D eigenvalue weighted by Gasteiger charge is 2.39. The van der Waals surface area contributed by atoms with E-state index in [2.05, 4.69) is 72.0 Å². The van der Waals surface area contributed by atoms with Gasteiger partial charge in [0.05, 0.1) is 17.8 Å². The van der Waals surface area contributed by atoms with E-state index in [4.69, 9.17) is 12.2 Å². The lowest BCUT2D eigenvalue weighted by atomic mass is 9.99. The van der Waals surface area contributed by atoms with Gasteiger partial charge in [0.1, 0.15) is 0 Å². The molecule has 0 aromatic carbocycles. The Morgan fingerprint density at radius 2 is 2.04 bits per heavy atom. The molecule has 1 N–H and O–H groups in total. The zero-order valence-corrected chi connectivity index (χ0v) is 15.0. The van der Waals surface area contributed by atoms with E-state index in [1.165, 1.54) is 5.56 Å². The van der Waals surface area contributed by atoms with E-state index in [0.29, 0.717) is 0 Å². The number of nitrogens with zero attached hydrogens (tertiary/aromatic N) is 3. The first-order chi connectivity index (χ1) is 10.9. The normalized spacial score (nSPS) is 21.6. The maximum Gasteiger partial charge on any atom is 0.170 e. The largest absolute Gasteiger partial charge is 0.352 e. The Bertz CT molecular complexity index is 687. The van der Waals surface area contributed by atoms with Gasteiger partial charge in [0.25, 0.3) is 0 Å². The third kappa shape index (κ3) is 2.98. The van der Waals surface area contributed by atoms with E-state index in [1.54, 1.807) is 0 Å². The van der Waals surface area contributed by atoms with Crippen molar-refractivity contribution in [2.45, 2.75) is 45.3 Å². The van der Waals surface area contributed by atoms with Gasteiger partial charge in [0, 0.05) is 30.7 Å². The standard InChI is InChI=1S/C18H24N4S/c1-5-22-16(13-9-11-21(12-13)18(2,3)4)15(20-17(22)23)14-8-6-7-10-19-14/h6-12,15-16H,5H2,1-4H3,(H,20,23)/t15-,16+/m1/s1. The Morgan fingerprint density at radius 3 is 2.61 bits per heavy atom. The predicted octanol–water partition coefficient (Wildman–Crippen LogP) is 3.63. The summed E-state index contributed by atoms with van der Waals surface area (Å²) in [6.07, 6.45) is 6.23. The average Bonchev–Trinajstić information content (AvgIpc) is 3.11. The molecule has 2 aromatic heterocycles. The number of hydrogen-bond acceptors (Lipinski definition) is 2. The second-order valence-corrected chi connectivity index (χ2v) is 7.32. The molecule has 1 aliphatic rings. The Hall–Kier alpha value is -1.88. The molecule has 0 aliphatic carbocycles. The van der Waals surface area contributed by atoms with E-state index >= 15 is 0 Å². The van der Waals surface area contributed by atoms with E-state index < -0.39 is 0 Å². The summed E-state index contributed by atoms with van der Waals surface area (Å²) in [5, 5.41) is 4.26. The average molecular weight is 328 g/mol. The number of aromatic nitrogens is 2. The fourth-order valence-electron chi connectivity index (χ4n) is 3.11. The third-order valence-electron chi connectivity index (χ3n) is 4.37. The molecule has 3 heterocycles. The van der Waals surface area contributed by atoms with Crippen LogP contribution in [0.5, 0.6) is 0 Å². The molecule has 0 unspecified atom stereocenters. The summed E-state index contributed by atoms with van der Waals surface area (Å²) < 4.78 is 2.26. The van der Waals surface area contributed by atoms with Crippen LogP contribution >= 0.6 is 12.2 Å². The second-order valence-electron chi connectivity index (χ2n) is 6.94. The molecule has 4 nitrogen and oxygen atoms in total. The zero-order chi connectivity index (χ0) is 16.6. The SMILES string of the molecule is CCN1C(=S)N[C@H](c2ccccn2)[C@@H]1c1ccn(C(C)(C)C)c1. The minimum Gasteiger partial charge on any atom is -0.352 e. The van der Waals surface area contributed by atoms with Gasteiger partial charge in [-0.05, 0) is 63.7 Å². The fourth-order valence-corrected chi connectivity index (χ4v) is 3.48. The van der Waals surface area contributed by atoms with Gasteiger partial charge >= 0.3 is 0 Å². The van der Waals surface area contributed by atoms with Gasteiger partial charge in [-0.2, -0.15) is 0 Å². The summed E-state index contributed by atoms with van der Waals surface area (Å²) in [5.41, 5.74) is 2.37. The monoisotopic (exact) mass is 328 g/mol. The molecule has 122 valence electrons. The lowest BCUT2D eigenvalue weighted by Gasteiger charge is -2.26. The lowest BCUT2D eigenvalue weighted by Crippen LogP contribution is -2.29. The lowest BCUT2D eigenvalue weighted by molar-refractivity contribution is 0.328. The molecular weight excluding hydrogens is 304 g/mol. The van der Waals surface area contributed by atoms with Gasteiger partial charge in [0.2, 0.25) is 0 Å². The highest BCUT2D eigenvalue weighted by atomic mass is 32.1. The molecule has 1 aliphatic heterocycles. The molecule has 0 spiro atoms. The summed E-state index contributed by atoms with van der Waals surface area (Å²) in [5.74, 6) is 0. The molecule has 0 bridgehead atoms. The Labute approximate surface area is 143 Å². The van der Waals surface area contributed by atoms with Crippen LogP contribution in [0.3, 0.4) is 0 Å². The van der Waals surface area contributed by atoms with Crippen molar-refractivity contribution in [2.24, 2.45) is 0 Å². The van der Waals surface area contributed by atoms with Gasteiger partial charge in [-0.3, -0.25) is 4.98 Å². The van der Waals surface area contributed by atoms with Crippen molar-refractivity contribution in [3.63, 3.8) is 0 Å². The van der Waals surface area contributed by atoms with Crippen molar-refractivity contribution in [1.82, 2.24) is 19.8 Å². The van der Waals surface area contributed by atoms with Crippen LogP contribution in [0.15, 0.2) is 42.9 Å². The molecule has 0 saturated carbocycles. The third-order valence-corrected chi connectivity index (χ3v) is 4.72. The summed E-state index contributed by atoms with van der Waals surface area (Å²) >= 11 is 5.55. The van der Waals surface area contributed by atoms with Crippen molar-refractivity contribution >= 4 is 17.3 Å². The van der Waals surface area contributed by atoms with Crippen LogP contribution in [0, 0.1) is 0 Å². The predicted molar refractivity (Wildman–Crippen MR) is 97.3 cm³/mol. The van der Waals surface area contributed by atoms with Gasteiger partial charge in [-0.15, -0.1) is 0 Å². The summed E-state index contributed by atoms with van der Waals surface area (Å²) in [6, 6.07) is 8.49. The van der Waals surface area contributed by atoms with Crippen molar-refractivity contribution in [2.75, 3.05) is 6.54 Å². The molecule has 5 heteroatoms. The first-order valence-electron chi connectivity index (χ1n) is 8.08. The molecule has 3 rings (SSSR count). The van der Waals surface area contributed by atoms with E-state index in [9.17, 15) is 0 Å². The molecule has 23 heavy (non-hydrogen) atoms. The number of likely N-dealkylation sites (N-methyl/N-ethyl adjacent to an activating group) is 1. The van der Waals surface area contributed by atoms with Crippen molar-refractivity contribution < 1.29 is 0 Å². The van der Waals surface area contributed by atoms with Crippen LogP contribution in [-0.4, -0.2) is 26.1 Å². The second kappa shape index (κ2) is 5.96. The number of hydrogen-bond donors (Lipinski definition) is 1. The van der Waals surface area contributed by atoms with Crippen LogP contribution in [0.1, 0.15) is 51.0 Å². The number of nitrogens with one attached hydrogen (secondary N) is 1. The minimum absolute atomic E-state index is 0.0718. The highest BCUT2D eigenvalue weighted by molar-refractivity contribution is 7.80. The Kier molecular flexibility index (Phi) is 4.15. The van der Waals surface area contributed by atoms with Crippen LogP contribution in [0.4, 0.5) is 0 Å². The van der Waals surface area contributed by atoms with Crippen LogP contribution in [-0.2, 0) is 5.54 Å². The van der Waals surface area contributed by atoms with E-state index in [0.717, 1.165) is 17.4 Å². The van der Waals surface area contributed by atoms with Gasteiger partial charge < -0.3 is 14.8 Å². The molecule has 1 fully saturated rings. The number of pyridine rings is 1.